The van der Waals surface area contributed by atoms with E-state index in [-0.39, 0.29) is 29.6 Å². The molecule has 1 saturated carbocycles. The molecule has 0 amide bonds. The van der Waals surface area contributed by atoms with Crippen molar-refractivity contribution in [2.45, 2.75) is 55.9 Å². The molecule has 0 bridgehead atoms. The minimum Gasteiger partial charge on any atom is -0.392 e. The molecule has 7 nitrogen and oxygen atoms in total. The summed E-state index contributed by atoms with van der Waals surface area (Å²) in [5, 5.41) is 5.23. The fraction of sp³-hybridized carbons (Fsp3) is 0.391. The lowest BCUT2D eigenvalue weighted by Gasteiger charge is -2.37. The van der Waals surface area contributed by atoms with Gasteiger partial charge in [-0.1, -0.05) is 30.3 Å². The van der Waals surface area contributed by atoms with Crippen LogP contribution in [0.3, 0.4) is 0 Å². The molecule has 2 heterocycles. The summed E-state index contributed by atoms with van der Waals surface area (Å²) in [6, 6.07) is 10.7. The number of sulfonamides is 1. The number of H-pyrrole nitrogens is 1. The SMILES string of the molecule is C[C@H]1CC[C@H](c2ccccc2)S(=O)(=O)N1Cc1cc(F)c(C2(c3n[nH]c(=O)o3)CC2)cc1F. The highest BCUT2D eigenvalue weighted by atomic mass is 32.2. The summed E-state index contributed by atoms with van der Waals surface area (Å²) in [4.78, 5) is 11.3. The molecule has 10 heteroatoms. The Balaban J connectivity index is 1.47. The highest BCUT2D eigenvalue weighted by molar-refractivity contribution is 7.89. The van der Waals surface area contributed by atoms with Gasteiger partial charge in [-0.25, -0.2) is 27.1 Å². The predicted octanol–water partition coefficient (Wildman–Crippen LogP) is 3.78. The first-order chi connectivity index (χ1) is 15.7. The number of nitrogens with one attached hydrogen (secondary N) is 1. The van der Waals surface area contributed by atoms with E-state index in [0.717, 1.165) is 12.1 Å². The third kappa shape index (κ3) is 3.71. The first-order valence-electron chi connectivity index (χ1n) is 10.8. The maximum Gasteiger partial charge on any atom is 0.434 e. The lowest BCUT2D eigenvalue weighted by molar-refractivity contribution is 0.278. The molecule has 0 radical (unpaired) electrons. The highest BCUT2D eigenvalue weighted by Crippen LogP contribution is 2.53. The minimum absolute atomic E-state index is 0.0245. The zero-order valence-electron chi connectivity index (χ0n) is 17.9. The van der Waals surface area contributed by atoms with Crippen LogP contribution in [0.25, 0.3) is 0 Å². The van der Waals surface area contributed by atoms with Gasteiger partial charge in [0.05, 0.1) is 5.41 Å². The van der Waals surface area contributed by atoms with Crippen molar-refractivity contribution in [3.63, 3.8) is 0 Å². The zero-order chi connectivity index (χ0) is 23.4. The first-order valence-corrected chi connectivity index (χ1v) is 12.3. The normalized spacial score (nSPS) is 24.0. The van der Waals surface area contributed by atoms with Gasteiger partial charge in [-0.05, 0) is 50.3 Å². The maximum absolute atomic E-state index is 15.2. The van der Waals surface area contributed by atoms with Crippen molar-refractivity contribution in [3.05, 3.63) is 87.2 Å². The fourth-order valence-corrected chi connectivity index (χ4v) is 6.94. The monoisotopic (exact) mass is 475 g/mol. The summed E-state index contributed by atoms with van der Waals surface area (Å²) in [5.74, 6) is -2.13. The quantitative estimate of drug-likeness (QED) is 0.606. The third-order valence-electron chi connectivity index (χ3n) is 6.77. The lowest BCUT2D eigenvalue weighted by Crippen LogP contribution is -2.44. The highest BCUT2D eigenvalue weighted by Gasteiger charge is 2.52. The van der Waals surface area contributed by atoms with Crippen molar-refractivity contribution in [2.75, 3.05) is 0 Å². The van der Waals surface area contributed by atoms with E-state index >= 15 is 8.78 Å². The van der Waals surface area contributed by atoms with E-state index in [1.54, 1.807) is 31.2 Å². The van der Waals surface area contributed by atoms with E-state index in [0.29, 0.717) is 31.2 Å². The van der Waals surface area contributed by atoms with Gasteiger partial charge in [0.2, 0.25) is 15.9 Å². The Kier molecular flexibility index (Phi) is 5.24. The van der Waals surface area contributed by atoms with Gasteiger partial charge in [-0.2, -0.15) is 4.31 Å². The van der Waals surface area contributed by atoms with Crippen LogP contribution in [0.2, 0.25) is 0 Å². The molecule has 2 aliphatic rings. The van der Waals surface area contributed by atoms with Crippen LogP contribution >= 0.6 is 0 Å². The van der Waals surface area contributed by atoms with E-state index < -0.39 is 38.1 Å². The van der Waals surface area contributed by atoms with E-state index in [2.05, 4.69) is 10.2 Å². The molecule has 0 unspecified atom stereocenters. The average Bonchev–Trinajstić information content (AvgIpc) is 3.47. The van der Waals surface area contributed by atoms with Gasteiger partial charge in [0.1, 0.15) is 16.9 Å². The molecule has 2 fully saturated rings. The van der Waals surface area contributed by atoms with Crippen molar-refractivity contribution < 1.29 is 21.6 Å². The molecule has 0 spiro atoms. The largest absolute Gasteiger partial charge is 0.434 e. The standard InChI is InChI=1S/C23H23F2N3O4S/c1-14-7-8-20(15-5-3-2-4-6-15)33(30,31)28(14)13-16-11-19(25)17(12-18(16)24)23(9-10-23)21-26-27-22(29)32-21/h2-6,11-12,14,20H,7-10,13H2,1H3,(H,27,29)/t14-,20+/m0/s1. The number of aromatic nitrogens is 2. The van der Waals surface area contributed by atoms with Gasteiger partial charge in [0.25, 0.3) is 0 Å². The Labute approximate surface area is 189 Å². The van der Waals surface area contributed by atoms with Crippen LogP contribution in [0.5, 0.6) is 0 Å². The van der Waals surface area contributed by atoms with Crippen molar-refractivity contribution in [2.24, 2.45) is 0 Å². The van der Waals surface area contributed by atoms with Crippen LogP contribution in [0.1, 0.15) is 60.4 Å². The Morgan fingerprint density at radius 1 is 1.15 bits per heavy atom. The molecular weight excluding hydrogens is 452 g/mol. The van der Waals surface area contributed by atoms with Crippen LogP contribution in [0, 0.1) is 11.6 Å². The Hall–Kier alpha value is -2.85. The number of nitrogens with zero attached hydrogens (tertiary/aromatic N) is 2. The van der Waals surface area contributed by atoms with Crippen molar-refractivity contribution in [3.8, 4) is 0 Å². The molecule has 2 atom stereocenters. The summed E-state index contributed by atoms with van der Waals surface area (Å²) < 4.78 is 63.4. The molecule has 1 N–H and O–H groups in total. The maximum atomic E-state index is 15.2. The van der Waals surface area contributed by atoms with Crippen LogP contribution in [0.15, 0.2) is 51.7 Å². The molecule has 1 aliphatic heterocycles. The Morgan fingerprint density at radius 2 is 1.88 bits per heavy atom. The van der Waals surface area contributed by atoms with Crippen LogP contribution in [0.4, 0.5) is 8.78 Å². The summed E-state index contributed by atoms with van der Waals surface area (Å²) in [6.45, 7) is 1.51. The number of rotatable bonds is 5. The number of hydrogen-bond donors (Lipinski definition) is 1. The summed E-state index contributed by atoms with van der Waals surface area (Å²) >= 11 is 0. The first kappa shape index (κ1) is 22.0. The molecule has 5 rings (SSSR count). The average molecular weight is 476 g/mol. The molecule has 174 valence electrons. The van der Waals surface area contributed by atoms with Gasteiger partial charge in [0, 0.05) is 23.7 Å². The van der Waals surface area contributed by atoms with E-state index in [4.69, 9.17) is 4.42 Å². The Morgan fingerprint density at radius 3 is 2.52 bits per heavy atom. The summed E-state index contributed by atoms with van der Waals surface area (Å²) in [6.07, 6.45) is 2.01. The van der Waals surface area contributed by atoms with Crippen molar-refractivity contribution >= 4 is 10.0 Å². The Bertz CT molecular complexity index is 1350. The summed E-state index contributed by atoms with van der Waals surface area (Å²) in [5.41, 5.74) is -0.283. The second kappa shape index (κ2) is 7.88. The molecule has 1 aliphatic carbocycles. The van der Waals surface area contributed by atoms with Gasteiger partial charge in [-0.15, -0.1) is 5.10 Å². The van der Waals surface area contributed by atoms with Crippen LogP contribution in [-0.4, -0.2) is 29.0 Å². The molecule has 3 aromatic rings. The number of aromatic amines is 1. The fourth-order valence-electron chi connectivity index (χ4n) is 4.75. The van der Waals surface area contributed by atoms with Crippen LogP contribution < -0.4 is 5.76 Å². The zero-order valence-corrected chi connectivity index (χ0v) is 18.7. The minimum atomic E-state index is -3.78. The van der Waals surface area contributed by atoms with Gasteiger partial charge < -0.3 is 4.42 Å². The second-order valence-electron chi connectivity index (χ2n) is 8.84. The van der Waals surface area contributed by atoms with E-state index in [1.807, 2.05) is 6.07 Å². The van der Waals surface area contributed by atoms with E-state index in [9.17, 15) is 13.2 Å². The molecule has 2 aromatic carbocycles. The van der Waals surface area contributed by atoms with Crippen molar-refractivity contribution in [1.82, 2.24) is 14.5 Å². The van der Waals surface area contributed by atoms with E-state index in [1.165, 1.54) is 4.31 Å². The summed E-state index contributed by atoms with van der Waals surface area (Å²) in [7, 11) is -3.78. The number of halogens is 2. The van der Waals surface area contributed by atoms with Gasteiger partial charge >= 0.3 is 5.76 Å². The lowest BCUT2D eigenvalue weighted by atomic mass is 9.93. The van der Waals surface area contributed by atoms with Gasteiger partial charge in [-0.3, -0.25) is 0 Å². The molecule has 33 heavy (non-hydrogen) atoms. The number of hydrogen-bond acceptors (Lipinski definition) is 5. The van der Waals surface area contributed by atoms with Gasteiger partial charge in [0.15, 0.2) is 0 Å². The topological polar surface area (TPSA) is 96.3 Å². The second-order valence-corrected chi connectivity index (χ2v) is 10.9. The molecule has 1 saturated heterocycles. The third-order valence-corrected chi connectivity index (χ3v) is 9.14. The smallest absolute Gasteiger partial charge is 0.392 e. The predicted molar refractivity (Wildman–Crippen MR) is 116 cm³/mol. The molecule has 1 aromatic heterocycles. The van der Waals surface area contributed by atoms with Crippen molar-refractivity contribution in [1.29, 1.82) is 0 Å². The number of benzene rings is 2. The van der Waals surface area contributed by atoms with Crippen LogP contribution in [-0.2, 0) is 22.0 Å². The molecular formula is C23H23F2N3O4S.